The number of hydrogen-bond donors (Lipinski definition) is 2. The minimum Gasteiger partial charge on any atom is -0.362 e. The zero-order chi connectivity index (χ0) is 20.5. The number of piperazine rings is 1. The molecule has 0 aliphatic carbocycles. The molecule has 2 N–H and O–H groups in total. The molecule has 1 saturated heterocycles. The lowest BCUT2D eigenvalue weighted by molar-refractivity contribution is -0.141. The second kappa shape index (κ2) is 14.0. The van der Waals surface area contributed by atoms with Gasteiger partial charge in [0.25, 0.3) is 0 Å². The number of rotatable bonds is 8. The number of carbonyl (C=O) groups is 2. The van der Waals surface area contributed by atoms with Crippen LogP contribution in [0.4, 0.5) is 0 Å². The van der Waals surface area contributed by atoms with Crippen LogP contribution in [0.1, 0.15) is 29.7 Å². The third kappa shape index (κ3) is 8.10. The first kappa shape index (κ1) is 26.8. The van der Waals surface area contributed by atoms with E-state index in [1.165, 1.54) is 5.56 Å². The first-order chi connectivity index (χ1) is 14.2. The first-order valence-electron chi connectivity index (χ1n) is 9.99. The quantitative estimate of drug-likeness (QED) is 0.620. The molecule has 7 nitrogen and oxygen atoms in total. The van der Waals surface area contributed by atoms with Gasteiger partial charge in [-0.05, 0) is 29.2 Å². The summed E-state index contributed by atoms with van der Waals surface area (Å²) in [6.45, 7) is 4.34. The first-order valence-corrected chi connectivity index (χ1v) is 9.99. The van der Waals surface area contributed by atoms with E-state index in [0.29, 0.717) is 19.6 Å². The number of hydrogen-bond acceptors (Lipinski definition) is 5. The van der Waals surface area contributed by atoms with Gasteiger partial charge in [-0.2, -0.15) is 0 Å². The second-order valence-corrected chi connectivity index (χ2v) is 7.03. The molecule has 170 valence electrons. The summed E-state index contributed by atoms with van der Waals surface area (Å²) >= 11 is 0. The maximum absolute atomic E-state index is 12.7. The molecule has 2 heterocycles. The van der Waals surface area contributed by atoms with Crippen LogP contribution in [0.5, 0.6) is 0 Å². The maximum atomic E-state index is 12.7. The van der Waals surface area contributed by atoms with Gasteiger partial charge in [-0.15, -0.1) is 24.8 Å². The molecule has 1 atom stereocenters. The summed E-state index contributed by atoms with van der Waals surface area (Å²) in [6.07, 6.45) is 4.37. The third-order valence-electron chi connectivity index (χ3n) is 5.01. The molecule has 0 saturated carbocycles. The van der Waals surface area contributed by atoms with E-state index in [0.717, 1.165) is 24.1 Å². The summed E-state index contributed by atoms with van der Waals surface area (Å²) in [5.41, 5.74) is 3.29. The minimum absolute atomic E-state index is 0. The van der Waals surface area contributed by atoms with Crippen molar-refractivity contribution >= 4 is 36.6 Å². The fourth-order valence-corrected chi connectivity index (χ4v) is 3.34. The SMILES string of the molecule is CCc1ccc(C2CNCCN2C(=O)COCC(=O)NCc2cccnc2)cc1.Cl.Cl. The van der Waals surface area contributed by atoms with E-state index in [2.05, 4.69) is 46.8 Å². The number of nitrogens with zero attached hydrogens (tertiary/aromatic N) is 2. The van der Waals surface area contributed by atoms with Crippen LogP contribution in [0.15, 0.2) is 48.8 Å². The van der Waals surface area contributed by atoms with Crippen molar-refractivity contribution in [2.24, 2.45) is 0 Å². The average Bonchev–Trinajstić information content (AvgIpc) is 2.78. The number of benzene rings is 1. The Kier molecular flexibility index (Phi) is 12.1. The van der Waals surface area contributed by atoms with Gasteiger partial charge in [0.05, 0.1) is 6.04 Å². The summed E-state index contributed by atoms with van der Waals surface area (Å²) in [6, 6.07) is 12.1. The van der Waals surface area contributed by atoms with Crippen molar-refractivity contribution in [1.82, 2.24) is 20.5 Å². The van der Waals surface area contributed by atoms with E-state index >= 15 is 0 Å². The lowest BCUT2D eigenvalue weighted by atomic mass is 10.0. The Labute approximate surface area is 195 Å². The van der Waals surface area contributed by atoms with Gasteiger partial charge in [0.1, 0.15) is 13.2 Å². The maximum Gasteiger partial charge on any atom is 0.249 e. The van der Waals surface area contributed by atoms with Crippen LogP contribution in [-0.2, 0) is 27.3 Å². The molecular weight excluding hydrogens is 439 g/mol. The van der Waals surface area contributed by atoms with Crippen molar-refractivity contribution in [3.63, 3.8) is 0 Å². The third-order valence-corrected chi connectivity index (χ3v) is 5.01. The van der Waals surface area contributed by atoms with Gasteiger partial charge in [-0.3, -0.25) is 14.6 Å². The van der Waals surface area contributed by atoms with Gasteiger partial charge in [0, 0.05) is 38.6 Å². The van der Waals surface area contributed by atoms with Crippen molar-refractivity contribution in [2.45, 2.75) is 25.9 Å². The summed E-state index contributed by atoms with van der Waals surface area (Å²) in [5, 5.41) is 6.11. The number of nitrogens with one attached hydrogen (secondary N) is 2. The monoisotopic (exact) mass is 468 g/mol. The van der Waals surface area contributed by atoms with Crippen molar-refractivity contribution in [1.29, 1.82) is 0 Å². The van der Waals surface area contributed by atoms with E-state index in [1.807, 2.05) is 17.0 Å². The summed E-state index contributed by atoms with van der Waals surface area (Å²) in [5.74, 6) is -0.357. The molecule has 31 heavy (non-hydrogen) atoms. The zero-order valence-corrected chi connectivity index (χ0v) is 19.2. The molecule has 1 aromatic heterocycles. The Balaban J connectivity index is 0.00000240. The van der Waals surface area contributed by atoms with Crippen molar-refractivity contribution in [2.75, 3.05) is 32.8 Å². The predicted octanol–water partition coefficient (Wildman–Crippen LogP) is 2.29. The molecule has 1 unspecified atom stereocenters. The van der Waals surface area contributed by atoms with Gasteiger partial charge in [-0.25, -0.2) is 0 Å². The Morgan fingerprint density at radius 1 is 1.16 bits per heavy atom. The Morgan fingerprint density at radius 3 is 2.61 bits per heavy atom. The number of pyridine rings is 1. The van der Waals surface area contributed by atoms with Crippen LogP contribution in [0.25, 0.3) is 0 Å². The van der Waals surface area contributed by atoms with E-state index < -0.39 is 0 Å². The van der Waals surface area contributed by atoms with Crippen LogP contribution < -0.4 is 10.6 Å². The highest BCUT2D eigenvalue weighted by molar-refractivity contribution is 5.85. The molecule has 9 heteroatoms. The Hall–Kier alpha value is -2.19. The largest absolute Gasteiger partial charge is 0.362 e. The summed E-state index contributed by atoms with van der Waals surface area (Å²) in [7, 11) is 0. The van der Waals surface area contributed by atoms with Crippen LogP contribution in [0.3, 0.4) is 0 Å². The molecule has 0 spiro atoms. The lowest BCUT2D eigenvalue weighted by Gasteiger charge is -2.36. The topological polar surface area (TPSA) is 83.6 Å². The van der Waals surface area contributed by atoms with Crippen molar-refractivity contribution in [3.05, 3.63) is 65.5 Å². The highest BCUT2D eigenvalue weighted by Gasteiger charge is 2.27. The molecule has 1 aliphatic heterocycles. The number of ether oxygens (including phenoxy) is 1. The normalized spacial score (nSPS) is 15.4. The van der Waals surface area contributed by atoms with Crippen molar-refractivity contribution < 1.29 is 14.3 Å². The van der Waals surface area contributed by atoms with Crippen LogP contribution in [-0.4, -0.2) is 54.5 Å². The molecule has 1 aliphatic rings. The minimum atomic E-state index is -0.256. The molecule has 0 bridgehead atoms. The fourth-order valence-electron chi connectivity index (χ4n) is 3.34. The highest BCUT2D eigenvalue weighted by Crippen LogP contribution is 2.23. The average molecular weight is 469 g/mol. The number of halogens is 2. The number of carbonyl (C=O) groups excluding carboxylic acids is 2. The summed E-state index contributed by atoms with van der Waals surface area (Å²) in [4.78, 5) is 30.5. The van der Waals surface area contributed by atoms with Gasteiger partial charge in [0.2, 0.25) is 11.8 Å². The number of aryl methyl sites for hydroxylation is 1. The standard InChI is InChI=1S/C22H28N4O3.2ClH/c1-2-17-5-7-19(8-6-17)20-14-24-10-11-26(20)22(28)16-29-15-21(27)25-13-18-4-3-9-23-12-18;;/h3-9,12,20,24H,2,10-11,13-16H2,1H3,(H,25,27);2*1H. The van der Waals surface area contributed by atoms with Crippen LogP contribution >= 0.6 is 24.8 Å². The van der Waals surface area contributed by atoms with E-state index in [4.69, 9.17) is 4.74 Å². The fraction of sp³-hybridized carbons (Fsp3) is 0.409. The van der Waals surface area contributed by atoms with Crippen molar-refractivity contribution in [3.8, 4) is 0 Å². The van der Waals surface area contributed by atoms with Crippen LogP contribution in [0, 0.1) is 0 Å². The lowest BCUT2D eigenvalue weighted by Crippen LogP contribution is -2.50. The zero-order valence-electron chi connectivity index (χ0n) is 17.6. The molecule has 2 aromatic rings. The van der Waals surface area contributed by atoms with Gasteiger partial charge in [-0.1, -0.05) is 37.3 Å². The molecule has 3 rings (SSSR count). The predicted molar refractivity (Wildman–Crippen MR) is 125 cm³/mol. The van der Waals surface area contributed by atoms with E-state index in [1.54, 1.807) is 12.4 Å². The molecular formula is C22H30Cl2N4O3. The number of amides is 2. The molecule has 2 amide bonds. The Morgan fingerprint density at radius 2 is 1.94 bits per heavy atom. The molecule has 1 fully saturated rings. The smallest absolute Gasteiger partial charge is 0.249 e. The van der Waals surface area contributed by atoms with E-state index in [9.17, 15) is 9.59 Å². The highest BCUT2D eigenvalue weighted by atomic mass is 35.5. The van der Waals surface area contributed by atoms with Gasteiger partial charge < -0.3 is 20.3 Å². The van der Waals surface area contributed by atoms with Crippen LogP contribution in [0.2, 0.25) is 0 Å². The Bertz CT molecular complexity index is 806. The van der Waals surface area contributed by atoms with Gasteiger partial charge in [0.15, 0.2) is 0 Å². The van der Waals surface area contributed by atoms with E-state index in [-0.39, 0.29) is 55.9 Å². The summed E-state index contributed by atoms with van der Waals surface area (Å²) < 4.78 is 5.38. The second-order valence-electron chi connectivity index (χ2n) is 7.03. The molecule has 0 radical (unpaired) electrons. The molecule has 1 aromatic carbocycles. The number of aromatic nitrogens is 1. The van der Waals surface area contributed by atoms with Gasteiger partial charge >= 0.3 is 0 Å².